The predicted molar refractivity (Wildman–Crippen MR) is 92.4 cm³/mol. The quantitative estimate of drug-likeness (QED) is 0.799. The van der Waals surface area contributed by atoms with Gasteiger partial charge in [0.2, 0.25) is 0 Å². The number of carbonyl (C=O) groups is 1. The predicted octanol–water partition coefficient (Wildman–Crippen LogP) is 2.65. The van der Waals surface area contributed by atoms with Gasteiger partial charge in [-0.3, -0.25) is 4.79 Å². The smallest absolute Gasteiger partial charge is 0.167 e. The van der Waals surface area contributed by atoms with Crippen LogP contribution in [0.1, 0.15) is 62.2 Å². The van der Waals surface area contributed by atoms with E-state index < -0.39 is 23.4 Å². The first kappa shape index (κ1) is 17.8. The number of fused-ring (bicyclic) bond motifs is 3. The third-order valence-corrected chi connectivity index (χ3v) is 4.68. The van der Waals surface area contributed by atoms with Crippen LogP contribution in [0.15, 0.2) is 6.08 Å². The summed E-state index contributed by atoms with van der Waals surface area (Å²) >= 11 is 0. The first-order chi connectivity index (χ1) is 11.5. The zero-order valence-corrected chi connectivity index (χ0v) is 15.3. The molecule has 0 aliphatic carbocycles. The first-order valence-electron chi connectivity index (χ1n) is 8.22. The molecule has 6 nitrogen and oxygen atoms in total. The molecular formula is C19H24O6. The summed E-state index contributed by atoms with van der Waals surface area (Å²) in [4.78, 5) is 12.3. The van der Waals surface area contributed by atoms with Gasteiger partial charge in [-0.05, 0) is 46.8 Å². The average Bonchev–Trinajstić information content (AvgIpc) is 2.49. The first-order valence-corrected chi connectivity index (χ1v) is 8.22. The average molecular weight is 348 g/mol. The second-order valence-electron chi connectivity index (χ2n) is 7.58. The highest BCUT2D eigenvalue weighted by molar-refractivity contribution is 6.02. The van der Waals surface area contributed by atoms with Crippen molar-refractivity contribution in [3.05, 3.63) is 22.8 Å². The lowest BCUT2D eigenvalue weighted by Gasteiger charge is -2.43. The third kappa shape index (κ3) is 2.60. The summed E-state index contributed by atoms with van der Waals surface area (Å²) in [6, 6.07) is 0. The molecule has 2 heterocycles. The highest BCUT2D eigenvalue weighted by atomic mass is 16.5. The number of Topliss-reactive ketones (excluding diaryl/α,β-unsaturated/α-hetero) is 1. The van der Waals surface area contributed by atoms with E-state index >= 15 is 0 Å². The van der Waals surface area contributed by atoms with Gasteiger partial charge in [-0.1, -0.05) is 0 Å². The number of ketones is 1. The van der Waals surface area contributed by atoms with Gasteiger partial charge in [0, 0.05) is 0 Å². The van der Waals surface area contributed by atoms with Crippen molar-refractivity contribution < 1.29 is 29.2 Å². The molecule has 0 aromatic heterocycles. The maximum absolute atomic E-state index is 12.3. The number of aliphatic hydroxyl groups excluding tert-OH is 2. The Morgan fingerprint density at radius 1 is 1.16 bits per heavy atom. The van der Waals surface area contributed by atoms with E-state index in [0.717, 1.165) is 0 Å². The molecule has 6 heteroatoms. The van der Waals surface area contributed by atoms with Crippen LogP contribution in [-0.4, -0.2) is 40.4 Å². The van der Waals surface area contributed by atoms with Crippen molar-refractivity contribution in [2.24, 2.45) is 0 Å². The summed E-state index contributed by atoms with van der Waals surface area (Å²) in [5.41, 5.74) is -0.606. The fraction of sp³-hybridized carbons (Fsp3) is 0.526. The number of ether oxygens (including phenoxy) is 3. The van der Waals surface area contributed by atoms with Crippen LogP contribution in [0, 0.1) is 0 Å². The Hall–Kier alpha value is -2.05. The van der Waals surface area contributed by atoms with Crippen LogP contribution in [0.4, 0.5) is 0 Å². The summed E-state index contributed by atoms with van der Waals surface area (Å²) in [5.74, 6) is 0.657. The number of hydrogen-bond acceptors (Lipinski definition) is 6. The number of rotatable bonds is 2. The largest absolute Gasteiger partial charge is 0.495 e. The third-order valence-electron chi connectivity index (χ3n) is 4.68. The molecule has 1 aromatic rings. The molecule has 0 saturated carbocycles. The summed E-state index contributed by atoms with van der Waals surface area (Å²) in [7, 11) is 1.47. The number of aliphatic hydroxyl groups is 2. The second kappa shape index (κ2) is 5.47. The fourth-order valence-electron chi connectivity index (χ4n) is 3.33. The van der Waals surface area contributed by atoms with Gasteiger partial charge in [0.25, 0.3) is 0 Å². The van der Waals surface area contributed by atoms with Gasteiger partial charge in [0.1, 0.15) is 46.2 Å². The van der Waals surface area contributed by atoms with Crippen LogP contribution in [0.3, 0.4) is 0 Å². The lowest BCUT2D eigenvalue weighted by Crippen LogP contribution is -2.49. The molecule has 2 atom stereocenters. The van der Waals surface area contributed by atoms with E-state index in [1.807, 2.05) is 26.0 Å². The van der Waals surface area contributed by atoms with Crippen molar-refractivity contribution in [1.82, 2.24) is 0 Å². The number of carbonyl (C=O) groups excluding carboxylic acids is 1. The number of methoxy groups -OCH3 is 1. The zero-order valence-electron chi connectivity index (χ0n) is 15.3. The lowest BCUT2D eigenvalue weighted by atomic mass is 9.83. The van der Waals surface area contributed by atoms with E-state index in [2.05, 4.69) is 0 Å². The Morgan fingerprint density at radius 3 is 2.36 bits per heavy atom. The van der Waals surface area contributed by atoms with Gasteiger partial charge in [0.05, 0.1) is 18.2 Å². The van der Waals surface area contributed by atoms with Crippen molar-refractivity contribution >= 4 is 11.9 Å². The van der Waals surface area contributed by atoms with Crippen LogP contribution in [-0.2, 0) is 0 Å². The maximum atomic E-state index is 12.3. The molecule has 0 radical (unpaired) electrons. The molecule has 0 spiro atoms. The Balaban J connectivity index is 2.42. The summed E-state index contributed by atoms with van der Waals surface area (Å²) < 4.78 is 17.5. The van der Waals surface area contributed by atoms with Gasteiger partial charge in [-0.2, -0.15) is 0 Å². The molecule has 1 aromatic carbocycles. The van der Waals surface area contributed by atoms with Crippen molar-refractivity contribution in [1.29, 1.82) is 0 Å². The number of hydrogen-bond donors (Lipinski definition) is 2. The highest BCUT2D eigenvalue weighted by Crippen LogP contribution is 2.54. The van der Waals surface area contributed by atoms with Gasteiger partial charge in [-0.25, -0.2) is 0 Å². The van der Waals surface area contributed by atoms with E-state index in [1.54, 1.807) is 13.8 Å². The van der Waals surface area contributed by atoms with Crippen LogP contribution in [0.2, 0.25) is 0 Å². The Labute approximate surface area is 147 Å². The topological polar surface area (TPSA) is 85.2 Å². The minimum atomic E-state index is -1.25. The molecule has 2 aliphatic heterocycles. The Kier molecular flexibility index (Phi) is 3.89. The van der Waals surface area contributed by atoms with Crippen molar-refractivity contribution in [2.45, 2.75) is 58.0 Å². The Bertz CT molecular complexity index is 775. The molecule has 2 N–H and O–H groups in total. The normalized spacial score (nSPS) is 25.3. The molecule has 0 unspecified atom stereocenters. The molecule has 3 rings (SSSR count). The van der Waals surface area contributed by atoms with Crippen molar-refractivity contribution in [2.75, 3.05) is 7.11 Å². The fourth-order valence-corrected chi connectivity index (χ4v) is 3.33. The van der Waals surface area contributed by atoms with Crippen LogP contribution >= 0.6 is 0 Å². The minimum absolute atomic E-state index is 0.206. The standard InChI is InChI=1S/C19H24O6/c1-9(20)11-14(23-6)10-7-8-18(2,3)24-15(10)12-13(21)17(22)19(4,5)25-16(11)12/h7-8,13,17,21-22H,1-6H3/t13-,17+/m1/s1. The SMILES string of the molecule is COc1c2c(c3c(c1C(C)=O)OC(C)(C)[C@@H](O)[C@@H]3O)OC(C)(C)C=C2. The molecule has 0 saturated heterocycles. The molecule has 0 bridgehead atoms. The summed E-state index contributed by atoms with van der Waals surface area (Å²) in [6.45, 7) is 8.48. The molecule has 136 valence electrons. The van der Waals surface area contributed by atoms with E-state index in [0.29, 0.717) is 17.1 Å². The van der Waals surface area contributed by atoms with Crippen molar-refractivity contribution in [3.8, 4) is 17.2 Å². The highest BCUT2D eigenvalue weighted by Gasteiger charge is 2.47. The van der Waals surface area contributed by atoms with E-state index in [1.165, 1.54) is 14.0 Å². The van der Waals surface area contributed by atoms with Crippen LogP contribution in [0.25, 0.3) is 6.08 Å². The van der Waals surface area contributed by atoms with Gasteiger partial charge in [-0.15, -0.1) is 0 Å². The number of benzene rings is 1. The molecule has 2 aliphatic rings. The maximum Gasteiger partial charge on any atom is 0.167 e. The zero-order chi connectivity index (χ0) is 18.7. The van der Waals surface area contributed by atoms with Gasteiger partial charge >= 0.3 is 0 Å². The van der Waals surface area contributed by atoms with Crippen LogP contribution < -0.4 is 14.2 Å². The van der Waals surface area contributed by atoms with Gasteiger partial charge < -0.3 is 24.4 Å². The molecule has 25 heavy (non-hydrogen) atoms. The molecule has 0 amide bonds. The van der Waals surface area contributed by atoms with E-state index in [-0.39, 0.29) is 22.7 Å². The summed E-state index contributed by atoms with van der Waals surface area (Å²) in [5, 5.41) is 21.3. The minimum Gasteiger partial charge on any atom is -0.495 e. The lowest BCUT2D eigenvalue weighted by molar-refractivity contribution is -0.113. The summed E-state index contributed by atoms with van der Waals surface area (Å²) in [6.07, 6.45) is 1.24. The van der Waals surface area contributed by atoms with E-state index in [4.69, 9.17) is 14.2 Å². The van der Waals surface area contributed by atoms with Gasteiger partial charge in [0.15, 0.2) is 5.78 Å². The van der Waals surface area contributed by atoms with Crippen molar-refractivity contribution in [3.63, 3.8) is 0 Å². The second-order valence-corrected chi connectivity index (χ2v) is 7.58. The van der Waals surface area contributed by atoms with Crippen LogP contribution in [0.5, 0.6) is 17.2 Å². The molecule has 0 fully saturated rings. The van der Waals surface area contributed by atoms with E-state index in [9.17, 15) is 15.0 Å². The Morgan fingerprint density at radius 2 is 1.80 bits per heavy atom. The molecular weight excluding hydrogens is 324 g/mol. The monoisotopic (exact) mass is 348 g/mol.